The lowest BCUT2D eigenvalue weighted by Gasteiger charge is -2.23. The number of rotatable bonds is 2. The Hall–Kier alpha value is -1.32. The molecule has 0 radical (unpaired) electrons. The number of hydrogen-bond donors (Lipinski definition) is 1. The quantitative estimate of drug-likeness (QED) is 0.849. The largest absolute Gasteiger partial charge is 0.336 e. The summed E-state index contributed by atoms with van der Waals surface area (Å²) in [5, 5.41) is 4.12. The molecule has 106 valence electrons. The van der Waals surface area contributed by atoms with E-state index in [1.165, 1.54) is 0 Å². The SMILES string of the molecule is CC1C2CNCC2CN1C(=O)C=Cc1ccc(Cl)cc1. The van der Waals surface area contributed by atoms with Crippen LogP contribution >= 0.6 is 11.6 Å². The van der Waals surface area contributed by atoms with Gasteiger partial charge >= 0.3 is 0 Å². The summed E-state index contributed by atoms with van der Waals surface area (Å²) in [5.74, 6) is 1.35. The zero-order valence-electron chi connectivity index (χ0n) is 11.6. The van der Waals surface area contributed by atoms with Gasteiger partial charge in [0.25, 0.3) is 0 Å². The molecule has 0 saturated carbocycles. The summed E-state index contributed by atoms with van der Waals surface area (Å²) in [6.45, 7) is 5.12. The Morgan fingerprint density at radius 3 is 2.80 bits per heavy atom. The lowest BCUT2D eigenvalue weighted by atomic mass is 9.95. The topological polar surface area (TPSA) is 32.3 Å². The molecule has 1 N–H and O–H groups in total. The van der Waals surface area contributed by atoms with E-state index >= 15 is 0 Å². The van der Waals surface area contributed by atoms with E-state index in [0.717, 1.165) is 25.2 Å². The lowest BCUT2D eigenvalue weighted by Crippen LogP contribution is -2.37. The molecule has 1 amide bonds. The number of carbonyl (C=O) groups is 1. The molecule has 3 atom stereocenters. The second-order valence-electron chi connectivity index (χ2n) is 5.70. The highest BCUT2D eigenvalue weighted by atomic mass is 35.5. The summed E-state index contributed by atoms with van der Waals surface area (Å²) in [6.07, 6.45) is 3.53. The minimum Gasteiger partial charge on any atom is -0.336 e. The van der Waals surface area contributed by atoms with E-state index in [4.69, 9.17) is 11.6 Å². The van der Waals surface area contributed by atoms with Crippen molar-refractivity contribution in [3.63, 3.8) is 0 Å². The predicted octanol–water partition coefficient (Wildman–Crippen LogP) is 2.42. The number of halogens is 1. The Labute approximate surface area is 124 Å². The lowest BCUT2D eigenvalue weighted by molar-refractivity contribution is -0.126. The molecule has 0 spiro atoms. The second-order valence-corrected chi connectivity index (χ2v) is 6.13. The van der Waals surface area contributed by atoms with E-state index in [1.807, 2.05) is 35.2 Å². The van der Waals surface area contributed by atoms with Crippen LogP contribution in [0.15, 0.2) is 30.3 Å². The van der Waals surface area contributed by atoms with Gasteiger partial charge in [-0.3, -0.25) is 4.79 Å². The van der Waals surface area contributed by atoms with Crippen molar-refractivity contribution < 1.29 is 4.79 Å². The maximum atomic E-state index is 12.3. The molecule has 3 unspecified atom stereocenters. The van der Waals surface area contributed by atoms with Crippen molar-refractivity contribution in [2.45, 2.75) is 13.0 Å². The number of amides is 1. The highest BCUT2D eigenvalue weighted by Gasteiger charge is 2.42. The molecule has 2 heterocycles. The fourth-order valence-corrected chi connectivity index (χ4v) is 3.42. The first-order chi connectivity index (χ1) is 9.65. The van der Waals surface area contributed by atoms with Crippen molar-refractivity contribution in [1.29, 1.82) is 0 Å². The van der Waals surface area contributed by atoms with Crippen molar-refractivity contribution in [3.8, 4) is 0 Å². The molecular weight excluding hydrogens is 272 g/mol. The Balaban J connectivity index is 1.66. The molecule has 3 rings (SSSR count). The van der Waals surface area contributed by atoms with Crippen LogP contribution in [-0.4, -0.2) is 36.5 Å². The van der Waals surface area contributed by atoms with Gasteiger partial charge in [0.15, 0.2) is 0 Å². The van der Waals surface area contributed by atoms with Gasteiger partial charge in [-0.2, -0.15) is 0 Å². The van der Waals surface area contributed by atoms with Crippen molar-refractivity contribution in [1.82, 2.24) is 10.2 Å². The first kappa shape index (κ1) is 13.7. The number of benzene rings is 1. The molecule has 20 heavy (non-hydrogen) atoms. The van der Waals surface area contributed by atoms with Crippen LogP contribution in [0.1, 0.15) is 12.5 Å². The maximum absolute atomic E-state index is 12.3. The van der Waals surface area contributed by atoms with Gasteiger partial charge in [0.2, 0.25) is 5.91 Å². The third-order valence-electron chi connectivity index (χ3n) is 4.51. The van der Waals surface area contributed by atoms with Crippen molar-refractivity contribution in [2.24, 2.45) is 11.8 Å². The average Bonchev–Trinajstić information content (AvgIpc) is 3.01. The molecule has 1 aromatic rings. The van der Waals surface area contributed by atoms with Crippen LogP contribution in [0.4, 0.5) is 0 Å². The van der Waals surface area contributed by atoms with Gasteiger partial charge in [-0.25, -0.2) is 0 Å². The minimum atomic E-state index is 0.113. The van der Waals surface area contributed by atoms with Gasteiger partial charge in [0.1, 0.15) is 0 Å². The highest BCUT2D eigenvalue weighted by molar-refractivity contribution is 6.30. The van der Waals surface area contributed by atoms with Gasteiger partial charge in [-0.15, -0.1) is 0 Å². The summed E-state index contributed by atoms with van der Waals surface area (Å²) in [7, 11) is 0. The summed E-state index contributed by atoms with van der Waals surface area (Å²) >= 11 is 5.85. The number of carbonyl (C=O) groups excluding carboxylic acids is 1. The van der Waals surface area contributed by atoms with Crippen LogP contribution in [-0.2, 0) is 4.79 Å². The molecule has 1 aromatic carbocycles. The summed E-state index contributed by atoms with van der Waals surface area (Å²) in [4.78, 5) is 14.3. The van der Waals surface area contributed by atoms with E-state index in [0.29, 0.717) is 22.9 Å². The summed E-state index contributed by atoms with van der Waals surface area (Å²) in [6, 6.07) is 7.83. The maximum Gasteiger partial charge on any atom is 0.246 e. The van der Waals surface area contributed by atoms with E-state index in [1.54, 1.807) is 6.08 Å². The number of nitrogens with zero attached hydrogens (tertiary/aromatic N) is 1. The summed E-state index contributed by atoms with van der Waals surface area (Å²) in [5.41, 5.74) is 0.997. The Bertz CT molecular complexity index is 526. The average molecular weight is 291 g/mol. The molecule has 2 aliphatic rings. The minimum absolute atomic E-state index is 0.113. The van der Waals surface area contributed by atoms with Gasteiger partial charge in [0, 0.05) is 36.8 Å². The Kier molecular flexibility index (Phi) is 3.81. The molecule has 3 nitrogen and oxygen atoms in total. The van der Waals surface area contributed by atoms with Gasteiger partial charge < -0.3 is 10.2 Å². The first-order valence-corrected chi connectivity index (χ1v) is 7.48. The molecule has 0 aromatic heterocycles. The molecule has 2 saturated heterocycles. The number of hydrogen-bond acceptors (Lipinski definition) is 2. The zero-order chi connectivity index (χ0) is 14.1. The number of likely N-dealkylation sites (tertiary alicyclic amines) is 1. The molecule has 4 heteroatoms. The number of nitrogens with one attached hydrogen (secondary N) is 1. The van der Waals surface area contributed by atoms with Crippen LogP contribution in [0.25, 0.3) is 6.08 Å². The van der Waals surface area contributed by atoms with E-state index in [2.05, 4.69) is 12.2 Å². The standard InChI is InChI=1S/C16H19ClN2O/c1-11-15-9-18-8-13(15)10-19(11)16(20)7-4-12-2-5-14(17)6-3-12/h2-7,11,13,15,18H,8-10H2,1H3. The molecule has 2 aliphatic heterocycles. The monoisotopic (exact) mass is 290 g/mol. The molecule has 2 fully saturated rings. The zero-order valence-corrected chi connectivity index (χ0v) is 12.3. The number of fused-ring (bicyclic) bond motifs is 1. The third kappa shape index (κ3) is 2.60. The Morgan fingerprint density at radius 1 is 1.35 bits per heavy atom. The fraction of sp³-hybridized carbons (Fsp3) is 0.438. The Morgan fingerprint density at radius 2 is 2.10 bits per heavy atom. The second kappa shape index (κ2) is 5.58. The van der Waals surface area contributed by atoms with E-state index < -0.39 is 0 Å². The highest BCUT2D eigenvalue weighted by Crippen LogP contribution is 2.32. The van der Waals surface area contributed by atoms with E-state index in [9.17, 15) is 4.79 Å². The predicted molar refractivity (Wildman–Crippen MR) is 81.5 cm³/mol. The van der Waals surface area contributed by atoms with Crippen molar-refractivity contribution in [2.75, 3.05) is 19.6 Å². The van der Waals surface area contributed by atoms with Gasteiger partial charge in [-0.05, 0) is 42.5 Å². The molecule has 0 aliphatic carbocycles. The van der Waals surface area contributed by atoms with Crippen LogP contribution in [0, 0.1) is 11.8 Å². The van der Waals surface area contributed by atoms with Crippen LogP contribution in [0.2, 0.25) is 5.02 Å². The first-order valence-electron chi connectivity index (χ1n) is 7.10. The van der Waals surface area contributed by atoms with Crippen LogP contribution in [0.5, 0.6) is 0 Å². The van der Waals surface area contributed by atoms with Crippen LogP contribution in [0.3, 0.4) is 0 Å². The molecular formula is C16H19ClN2O. The van der Waals surface area contributed by atoms with Crippen molar-refractivity contribution in [3.05, 3.63) is 40.9 Å². The van der Waals surface area contributed by atoms with E-state index in [-0.39, 0.29) is 5.91 Å². The van der Waals surface area contributed by atoms with Gasteiger partial charge in [0.05, 0.1) is 0 Å². The van der Waals surface area contributed by atoms with Gasteiger partial charge in [-0.1, -0.05) is 23.7 Å². The fourth-order valence-electron chi connectivity index (χ4n) is 3.30. The molecule has 0 bridgehead atoms. The third-order valence-corrected chi connectivity index (χ3v) is 4.76. The normalized spacial score (nSPS) is 29.1. The summed E-state index contributed by atoms with van der Waals surface area (Å²) < 4.78 is 0. The smallest absolute Gasteiger partial charge is 0.246 e. The van der Waals surface area contributed by atoms with Crippen molar-refractivity contribution >= 4 is 23.6 Å². The van der Waals surface area contributed by atoms with Crippen LogP contribution < -0.4 is 5.32 Å².